The molecule has 0 aliphatic heterocycles. The van der Waals surface area contributed by atoms with Gasteiger partial charge in [-0.05, 0) is 29.3 Å². The van der Waals surface area contributed by atoms with Gasteiger partial charge in [-0.25, -0.2) is 14.8 Å². The van der Waals surface area contributed by atoms with Crippen LogP contribution in [0, 0.1) is 0 Å². The number of hydrogen-bond donors (Lipinski definition) is 1. The molecule has 31 heavy (non-hydrogen) atoms. The molecule has 0 bridgehead atoms. The number of benzene rings is 4. The van der Waals surface area contributed by atoms with Gasteiger partial charge in [0, 0.05) is 11.1 Å². The Labute approximate surface area is 179 Å². The second-order valence-electron chi connectivity index (χ2n) is 7.24. The summed E-state index contributed by atoms with van der Waals surface area (Å²) in [5.41, 5.74) is 7.05. The number of hydrogen-bond acceptors (Lipinski definition) is 3. The molecule has 0 spiro atoms. The Morgan fingerprint density at radius 2 is 1.03 bits per heavy atom. The third-order valence-corrected chi connectivity index (χ3v) is 5.22. The average molecular weight is 402 g/mol. The molecular weight excluding hydrogens is 384 g/mol. The van der Waals surface area contributed by atoms with Gasteiger partial charge in [-0.3, -0.25) is 0 Å². The standard InChI is InChI=1S/C27H18N2O2/c30-27(31)22-15-16-23-24(17-22)29-26(25(28-23)20-9-5-2-6-10-20)21-13-11-19(12-14-21)18-7-3-1-4-8-18/h1-17H,(H,30,31). The van der Waals surface area contributed by atoms with Crippen molar-refractivity contribution in [3.63, 3.8) is 0 Å². The van der Waals surface area contributed by atoms with Crippen LogP contribution in [0.3, 0.4) is 0 Å². The summed E-state index contributed by atoms with van der Waals surface area (Å²) >= 11 is 0. The van der Waals surface area contributed by atoms with Gasteiger partial charge < -0.3 is 5.11 Å². The molecule has 0 saturated heterocycles. The summed E-state index contributed by atoms with van der Waals surface area (Å²) in [6.45, 7) is 0. The quantitative estimate of drug-likeness (QED) is 0.382. The van der Waals surface area contributed by atoms with E-state index in [4.69, 9.17) is 9.97 Å². The van der Waals surface area contributed by atoms with Crippen molar-refractivity contribution in [3.8, 4) is 33.6 Å². The normalized spacial score (nSPS) is 10.8. The summed E-state index contributed by atoms with van der Waals surface area (Å²) in [4.78, 5) is 21.1. The first-order valence-corrected chi connectivity index (χ1v) is 9.95. The fourth-order valence-electron chi connectivity index (χ4n) is 3.64. The minimum absolute atomic E-state index is 0.194. The number of carboxylic acid groups (broad SMARTS) is 1. The minimum atomic E-state index is -0.982. The molecule has 4 nitrogen and oxygen atoms in total. The molecule has 1 aromatic heterocycles. The Balaban J connectivity index is 1.69. The molecule has 0 aliphatic rings. The molecule has 4 aromatic carbocycles. The van der Waals surface area contributed by atoms with Crippen LogP contribution in [0.1, 0.15) is 10.4 Å². The van der Waals surface area contributed by atoms with Crippen LogP contribution in [-0.2, 0) is 0 Å². The first-order valence-electron chi connectivity index (χ1n) is 9.95. The van der Waals surface area contributed by atoms with Crippen molar-refractivity contribution in [2.24, 2.45) is 0 Å². The van der Waals surface area contributed by atoms with E-state index in [0.717, 1.165) is 33.6 Å². The highest BCUT2D eigenvalue weighted by atomic mass is 16.4. The number of fused-ring (bicyclic) bond motifs is 1. The van der Waals surface area contributed by atoms with E-state index in [1.807, 2.05) is 60.7 Å². The molecule has 148 valence electrons. The lowest BCUT2D eigenvalue weighted by molar-refractivity contribution is 0.0697. The van der Waals surface area contributed by atoms with Gasteiger partial charge in [0.1, 0.15) is 0 Å². The predicted octanol–water partition coefficient (Wildman–Crippen LogP) is 6.33. The molecule has 0 aliphatic carbocycles. The minimum Gasteiger partial charge on any atom is -0.478 e. The van der Waals surface area contributed by atoms with Crippen LogP contribution in [0.25, 0.3) is 44.7 Å². The van der Waals surface area contributed by atoms with Crippen molar-refractivity contribution in [2.75, 3.05) is 0 Å². The predicted molar refractivity (Wildman–Crippen MR) is 123 cm³/mol. The monoisotopic (exact) mass is 402 g/mol. The zero-order valence-corrected chi connectivity index (χ0v) is 16.6. The third kappa shape index (κ3) is 3.67. The van der Waals surface area contributed by atoms with Gasteiger partial charge >= 0.3 is 5.97 Å². The summed E-state index contributed by atoms with van der Waals surface area (Å²) in [6.07, 6.45) is 0. The van der Waals surface area contributed by atoms with E-state index in [2.05, 4.69) is 24.3 Å². The Hall–Kier alpha value is -4.31. The van der Waals surface area contributed by atoms with Crippen molar-refractivity contribution in [3.05, 3.63) is 109 Å². The van der Waals surface area contributed by atoms with Gasteiger partial charge in [0.15, 0.2) is 0 Å². The van der Waals surface area contributed by atoms with E-state index in [0.29, 0.717) is 11.0 Å². The van der Waals surface area contributed by atoms with Crippen LogP contribution in [-0.4, -0.2) is 21.0 Å². The van der Waals surface area contributed by atoms with E-state index in [9.17, 15) is 9.90 Å². The van der Waals surface area contributed by atoms with Crippen LogP contribution >= 0.6 is 0 Å². The van der Waals surface area contributed by atoms with Crippen LogP contribution in [0.2, 0.25) is 0 Å². The lowest BCUT2D eigenvalue weighted by atomic mass is 10.00. The van der Waals surface area contributed by atoms with E-state index in [1.54, 1.807) is 18.2 Å². The van der Waals surface area contributed by atoms with E-state index in [-0.39, 0.29) is 5.56 Å². The Kier molecular flexibility index (Phi) is 4.73. The van der Waals surface area contributed by atoms with Crippen molar-refractivity contribution in [1.29, 1.82) is 0 Å². The maximum atomic E-state index is 11.4. The highest BCUT2D eigenvalue weighted by Gasteiger charge is 2.14. The summed E-state index contributed by atoms with van der Waals surface area (Å²) in [5.74, 6) is -0.982. The maximum absolute atomic E-state index is 11.4. The summed E-state index contributed by atoms with van der Waals surface area (Å²) in [7, 11) is 0. The van der Waals surface area contributed by atoms with Crippen LogP contribution in [0.5, 0.6) is 0 Å². The summed E-state index contributed by atoms with van der Waals surface area (Å²) in [5, 5.41) is 9.35. The van der Waals surface area contributed by atoms with Gasteiger partial charge in [0.05, 0.1) is 28.0 Å². The molecule has 5 aromatic rings. The molecule has 0 unspecified atom stereocenters. The molecule has 1 N–H and O–H groups in total. The topological polar surface area (TPSA) is 63.1 Å². The SMILES string of the molecule is O=C(O)c1ccc2nc(-c3ccccc3)c(-c3ccc(-c4ccccc4)cc3)nc2c1. The fraction of sp³-hybridized carbons (Fsp3) is 0. The average Bonchev–Trinajstić information content (AvgIpc) is 2.84. The Bertz CT molecular complexity index is 1380. The van der Waals surface area contributed by atoms with Crippen LogP contribution in [0.15, 0.2) is 103 Å². The lowest BCUT2D eigenvalue weighted by Gasteiger charge is -2.12. The number of rotatable bonds is 4. The fourth-order valence-corrected chi connectivity index (χ4v) is 3.64. The van der Waals surface area contributed by atoms with Crippen molar-refractivity contribution < 1.29 is 9.90 Å². The van der Waals surface area contributed by atoms with Gasteiger partial charge in [0.25, 0.3) is 0 Å². The van der Waals surface area contributed by atoms with Crippen molar-refractivity contribution in [2.45, 2.75) is 0 Å². The van der Waals surface area contributed by atoms with E-state index < -0.39 is 5.97 Å². The Morgan fingerprint density at radius 1 is 0.548 bits per heavy atom. The molecule has 0 radical (unpaired) electrons. The summed E-state index contributed by atoms with van der Waals surface area (Å²) < 4.78 is 0. The maximum Gasteiger partial charge on any atom is 0.335 e. The number of carboxylic acids is 1. The number of aromatic nitrogens is 2. The van der Waals surface area contributed by atoms with Crippen molar-refractivity contribution >= 4 is 17.0 Å². The first-order chi connectivity index (χ1) is 15.2. The second kappa shape index (κ2) is 7.84. The smallest absolute Gasteiger partial charge is 0.335 e. The molecule has 1 heterocycles. The van der Waals surface area contributed by atoms with Crippen LogP contribution in [0.4, 0.5) is 0 Å². The van der Waals surface area contributed by atoms with E-state index in [1.165, 1.54) is 0 Å². The Morgan fingerprint density at radius 3 is 1.65 bits per heavy atom. The van der Waals surface area contributed by atoms with Gasteiger partial charge in [0.2, 0.25) is 0 Å². The largest absolute Gasteiger partial charge is 0.478 e. The number of aromatic carboxylic acids is 1. The molecule has 0 fully saturated rings. The molecule has 0 atom stereocenters. The van der Waals surface area contributed by atoms with E-state index >= 15 is 0 Å². The first kappa shape index (κ1) is 18.7. The van der Waals surface area contributed by atoms with Gasteiger partial charge in [-0.2, -0.15) is 0 Å². The molecule has 0 amide bonds. The van der Waals surface area contributed by atoms with Crippen molar-refractivity contribution in [1.82, 2.24) is 9.97 Å². The van der Waals surface area contributed by atoms with Gasteiger partial charge in [-0.1, -0.05) is 84.9 Å². The molecule has 5 rings (SSSR count). The van der Waals surface area contributed by atoms with Gasteiger partial charge in [-0.15, -0.1) is 0 Å². The zero-order valence-electron chi connectivity index (χ0n) is 16.6. The second-order valence-corrected chi connectivity index (χ2v) is 7.24. The molecule has 0 saturated carbocycles. The molecule has 4 heteroatoms. The summed E-state index contributed by atoms with van der Waals surface area (Å²) in [6, 6.07) is 33.1. The third-order valence-electron chi connectivity index (χ3n) is 5.22. The molecular formula is C27H18N2O2. The lowest BCUT2D eigenvalue weighted by Crippen LogP contribution is -1.99. The highest BCUT2D eigenvalue weighted by Crippen LogP contribution is 2.32. The number of nitrogens with zero attached hydrogens (tertiary/aromatic N) is 2. The highest BCUT2D eigenvalue weighted by molar-refractivity contribution is 5.94. The van der Waals surface area contributed by atoms with Crippen LogP contribution < -0.4 is 0 Å². The zero-order chi connectivity index (χ0) is 21.2. The number of carbonyl (C=O) groups is 1.